The molecule has 0 aliphatic heterocycles. The average molecular weight is 476 g/mol. The Morgan fingerprint density at radius 3 is 2.52 bits per heavy atom. The summed E-state index contributed by atoms with van der Waals surface area (Å²) >= 11 is 0. The van der Waals surface area contributed by atoms with E-state index in [-0.39, 0.29) is 34.7 Å². The fraction of sp³-hybridized carbons (Fsp3) is 0.200. The standard InChI is InChI=1S/C20H18F2N6O4S/c1-12-24-18(26-28(12)11-13-4-3-5-16(10-13)33(23,29)30)19-25-17(27-32-19)14-6-8-15(9-7-14)31-20(2,21)22/h3-10H,11H2,1-2H3,(H2,23,29,30). The lowest BCUT2D eigenvalue weighted by atomic mass is 10.2. The van der Waals surface area contributed by atoms with Gasteiger partial charge in [0.15, 0.2) is 0 Å². The molecule has 2 N–H and O–H groups in total. The zero-order chi connectivity index (χ0) is 23.8. The summed E-state index contributed by atoms with van der Waals surface area (Å²) in [5.41, 5.74) is 1.18. The Balaban J connectivity index is 1.53. The van der Waals surface area contributed by atoms with Crippen LogP contribution in [0.1, 0.15) is 18.3 Å². The Labute approximate surface area is 187 Å². The molecule has 0 atom stereocenters. The minimum atomic E-state index is -3.82. The zero-order valence-corrected chi connectivity index (χ0v) is 18.3. The van der Waals surface area contributed by atoms with Crippen LogP contribution >= 0.6 is 0 Å². The number of sulfonamides is 1. The highest BCUT2D eigenvalue weighted by atomic mass is 32.2. The molecule has 0 bridgehead atoms. The van der Waals surface area contributed by atoms with E-state index < -0.39 is 16.1 Å². The molecule has 0 spiro atoms. The summed E-state index contributed by atoms with van der Waals surface area (Å²) in [7, 11) is -3.82. The van der Waals surface area contributed by atoms with Crippen LogP contribution < -0.4 is 9.88 Å². The molecule has 0 unspecified atom stereocenters. The fourth-order valence-electron chi connectivity index (χ4n) is 2.96. The third kappa shape index (κ3) is 5.38. The normalized spacial score (nSPS) is 12.2. The Hall–Kier alpha value is -3.71. The maximum absolute atomic E-state index is 13.0. The molecule has 0 fully saturated rings. The summed E-state index contributed by atoms with van der Waals surface area (Å²) < 4.78 is 60.4. The van der Waals surface area contributed by atoms with Gasteiger partial charge < -0.3 is 9.26 Å². The van der Waals surface area contributed by atoms with E-state index in [1.54, 1.807) is 23.7 Å². The van der Waals surface area contributed by atoms with Crippen molar-refractivity contribution in [1.82, 2.24) is 24.9 Å². The van der Waals surface area contributed by atoms with Gasteiger partial charge in [-0.2, -0.15) is 13.8 Å². The second-order valence-electron chi connectivity index (χ2n) is 7.19. The Bertz CT molecular complexity index is 1390. The molecule has 13 heteroatoms. The van der Waals surface area contributed by atoms with Gasteiger partial charge in [0.1, 0.15) is 11.6 Å². The SMILES string of the molecule is Cc1nc(-c2nc(-c3ccc(OC(C)(F)F)cc3)no2)nn1Cc1cccc(S(N)(=O)=O)c1. The second-order valence-corrected chi connectivity index (χ2v) is 8.75. The first-order chi connectivity index (χ1) is 15.5. The van der Waals surface area contributed by atoms with Crippen molar-refractivity contribution in [2.24, 2.45) is 5.14 Å². The van der Waals surface area contributed by atoms with Crippen LogP contribution in [0.5, 0.6) is 5.75 Å². The minimum Gasteiger partial charge on any atom is -0.433 e. The number of alkyl halides is 2. The predicted octanol–water partition coefficient (Wildman–Crippen LogP) is 2.99. The Kier molecular flexibility index (Phi) is 5.68. The largest absolute Gasteiger partial charge is 0.433 e. The van der Waals surface area contributed by atoms with Crippen LogP contribution in [0.4, 0.5) is 8.78 Å². The molecule has 4 rings (SSSR count). The molecular formula is C20H18F2N6O4S. The van der Waals surface area contributed by atoms with Crippen LogP contribution in [-0.4, -0.2) is 39.4 Å². The summed E-state index contributed by atoms with van der Waals surface area (Å²) in [5.74, 6) is 0.991. The summed E-state index contributed by atoms with van der Waals surface area (Å²) in [4.78, 5) is 8.58. The number of nitrogens with zero attached hydrogens (tertiary/aromatic N) is 5. The van der Waals surface area contributed by atoms with Gasteiger partial charge in [-0.25, -0.2) is 23.2 Å². The van der Waals surface area contributed by atoms with Crippen LogP contribution in [0, 0.1) is 6.92 Å². The molecule has 0 amide bonds. The van der Waals surface area contributed by atoms with E-state index >= 15 is 0 Å². The fourth-order valence-corrected chi connectivity index (χ4v) is 3.55. The number of ether oxygens (including phenoxy) is 1. The lowest BCUT2D eigenvalue weighted by molar-refractivity contribution is -0.158. The Morgan fingerprint density at radius 1 is 1.12 bits per heavy atom. The summed E-state index contributed by atoms with van der Waals surface area (Å²) in [6, 6.07) is 12.0. The van der Waals surface area contributed by atoms with Crippen molar-refractivity contribution in [3.05, 3.63) is 59.9 Å². The number of halogens is 2. The third-order valence-corrected chi connectivity index (χ3v) is 5.35. The predicted molar refractivity (Wildman–Crippen MR) is 112 cm³/mol. The van der Waals surface area contributed by atoms with Crippen LogP contribution in [0.15, 0.2) is 57.9 Å². The minimum absolute atomic E-state index is 0.00129. The van der Waals surface area contributed by atoms with Crippen molar-refractivity contribution in [2.75, 3.05) is 0 Å². The number of hydrogen-bond donors (Lipinski definition) is 1. The smallest absolute Gasteiger partial charge is 0.394 e. The van der Waals surface area contributed by atoms with E-state index in [9.17, 15) is 17.2 Å². The number of hydrogen-bond acceptors (Lipinski definition) is 8. The second kappa shape index (κ2) is 8.33. The summed E-state index contributed by atoms with van der Waals surface area (Å²) in [5, 5.41) is 13.4. The van der Waals surface area contributed by atoms with Crippen LogP contribution in [-0.2, 0) is 16.6 Å². The monoisotopic (exact) mass is 476 g/mol. The maximum Gasteiger partial charge on any atom is 0.394 e. The molecule has 10 nitrogen and oxygen atoms in total. The quantitative estimate of drug-likeness (QED) is 0.429. The first-order valence-electron chi connectivity index (χ1n) is 9.52. The van der Waals surface area contributed by atoms with Gasteiger partial charge in [0.25, 0.3) is 5.89 Å². The Morgan fingerprint density at radius 2 is 1.85 bits per heavy atom. The number of benzene rings is 2. The highest BCUT2D eigenvalue weighted by Gasteiger charge is 2.23. The van der Waals surface area contributed by atoms with Gasteiger partial charge in [-0.3, -0.25) is 0 Å². The molecule has 0 saturated heterocycles. The summed E-state index contributed by atoms with van der Waals surface area (Å²) in [6.07, 6.45) is -3.29. The number of rotatable bonds is 7. The first-order valence-corrected chi connectivity index (χ1v) is 11.1. The summed E-state index contributed by atoms with van der Waals surface area (Å²) in [6.45, 7) is 2.61. The van der Waals surface area contributed by atoms with E-state index in [0.717, 1.165) is 0 Å². The molecule has 0 aliphatic rings. The van der Waals surface area contributed by atoms with E-state index in [0.29, 0.717) is 23.9 Å². The zero-order valence-electron chi connectivity index (χ0n) is 17.4. The topological polar surface area (TPSA) is 139 Å². The van der Waals surface area contributed by atoms with Gasteiger partial charge in [0.2, 0.25) is 21.7 Å². The van der Waals surface area contributed by atoms with Crippen molar-refractivity contribution in [3.8, 4) is 28.9 Å². The van der Waals surface area contributed by atoms with Gasteiger partial charge in [-0.05, 0) is 48.9 Å². The van der Waals surface area contributed by atoms with Gasteiger partial charge >= 0.3 is 6.11 Å². The molecule has 2 aromatic heterocycles. The van der Waals surface area contributed by atoms with Crippen LogP contribution in [0.25, 0.3) is 23.1 Å². The number of nitrogens with two attached hydrogens (primary N) is 1. The van der Waals surface area contributed by atoms with Crippen molar-refractivity contribution in [1.29, 1.82) is 0 Å². The van der Waals surface area contributed by atoms with Crippen LogP contribution in [0.2, 0.25) is 0 Å². The van der Waals surface area contributed by atoms with Crippen molar-refractivity contribution >= 4 is 10.0 Å². The number of aromatic nitrogens is 5. The average Bonchev–Trinajstić information content (AvgIpc) is 3.34. The van der Waals surface area contributed by atoms with Crippen molar-refractivity contribution in [2.45, 2.75) is 31.4 Å². The molecule has 4 aromatic rings. The maximum atomic E-state index is 13.0. The molecule has 33 heavy (non-hydrogen) atoms. The molecule has 2 heterocycles. The molecular weight excluding hydrogens is 458 g/mol. The lowest BCUT2D eigenvalue weighted by Crippen LogP contribution is -2.18. The van der Waals surface area contributed by atoms with E-state index in [1.165, 1.54) is 36.4 Å². The first kappa shape index (κ1) is 22.5. The number of primary sulfonamides is 1. The van der Waals surface area contributed by atoms with E-state index in [4.69, 9.17) is 9.66 Å². The van der Waals surface area contributed by atoms with Crippen molar-refractivity contribution < 1.29 is 26.5 Å². The molecule has 0 saturated carbocycles. The van der Waals surface area contributed by atoms with Crippen LogP contribution in [0.3, 0.4) is 0 Å². The van der Waals surface area contributed by atoms with Gasteiger partial charge in [-0.15, -0.1) is 5.10 Å². The van der Waals surface area contributed by atoms with Crippen molar-refractivity contribution in [3.63, 3.8) is 0 Å². The molecule has 0 aliphatic carbocycles. The third-order valence-electron chi connectivity index (χ3n) is 4.44. The van der Waals surface area contributed by atoms with Gasteiger partial charge in [0.05, 0.1) is 11.4 Å². The lowest BCUT2D eigenvalue weighted by Gasteiger charge is -2.12. The number of aryl methyl sites for hydroxylation is 1. The van der Waals surface area contributed by atoms with E-state index in [1.807, 2.05) is 0 Å². The highest BCUT2D eigenvalue weighted by Crippen LogP contribution is 2.25. The van der Waals surface area contributed by atoms with Gasteiger partial charge in [0, 0.05) is 12.5 Å². The molecule has 172 valence electrons. The van der Waals surface area contributed by atoms with E-state index in [2.05, 4.69) is 25.0 Å². The van der Waals surface area contributed by atoms with Gasteiger partial charge in [-0.1, -0.05) is 17.3 Å². The highest BCUT2D eigenvalue weighted by molar-refractivity contribution is 7.89. The molecule has 2 aromatic carbocycles. The molecule has 0 radical (unpaired) electrons.